The van der Waals surface area contributed by atoms with E-state index in [1.807, 2.05) is 45.0 Å². The Labute approximate surface area is 119 Å². The van der Waals surface area contributed by atoms with Gasteiger partial charge in [-0.1, -0.05) is 50.6 Å². The highest BCUT2D eigenvalue weighted by Gasteiger charge is 2.32. The van der Waals surface area contributed by atoms with Crippen LogP contribution in [0.15, 0.2) is 24.3 Å². The topological polar surface area (TPSA) is 55.8 Å². The smallest absolute Gasteiger partial charge is 0.303 e. The summed E-state index contributed by atoms with van der Waals surface area (Å²) in [4.78, 5) is 9.28. The van der Waals surface area contributed by atoms with Gasteiger partial charge in [0.15, 0.2) is 0 Å². The molecule has 0 amide bonds. The van der Waals surface area contributed by atoms with E-state index in [2.05, 4.69) is 4.52 Å². The molecule has 0 bridgehead atoms. The lowest BCUT2D eigenvalue weighted by Gasteiger charge is -2.32. The molecule has 1 N–H and O–H groups in total. The number of phosphoric ester groups is 1. The van der Waals surface area contributed by atoms with Crippen LogP contribution in [-0.4, -0.2) is 18.6 Å². The number of benzene rings is 1. The van der Waals surface area contributed by atoms with Crippen LogP contribution in [0.1, 0.15) is 32.3 Å². The second kappa shape index (κ2) is 6.38. The maximum Gasteiger partial charge on any atom is 0.471 e. The van der Waals surface area contributed by atoms with E-state index in [0.717, 1.165) is 12.7 Å². The van der Waals surface area contributed by atoms with Crippen molar-refractivity contribution in [2.45, 2.75) is 26.7 Å². The van der Waals surface area contributed by atoms with Crippen molar-refractivity contribution in [2.75, 3.05) is 13.7 Å². The number of halogens is 1. The lowest BCUT2D eigenvalue weighted by molar-refractivity contribution is 0.104. The van der Waals surface area contributed by atoms with E-state index < -0.39 is 7.82 Å². The Morgan fingerprint density at radius 1 is 1.42 bits per heavy atom. The highest BCUT2D eigenvalue weighted by atomic mass is 35.5. The van der Waals surface area contributed by atoms with Crippen LogP contribution in [0, 0.1) is 5.41 Å². The van der Waals surface area contributed by atoms with Crippen LogP contribution in [0.3, 0.4) is 0 Å². The predicted molar refractivity (Wildman–Crippen MR) is 76.4 cm³/mol. The molecular formula is C13H20ClO4P. The minimum Gasteiger partial charge on any atom is -0.303 e. The standard InChI is InChI=1S/C13H20ClO4P/c1-10(11-7-5-6-8-12(11)14)13(2,3)9-18-19(15,16)17-4/h5-8,10H,9H2,1-4H3,(H,15,16). The first kappa shape index (κ1) is 16.7. The largest absolute Gasteiger partial charge is 0.471 e. The zero-order valence-corrected chi connectivity index (χ0v) is 13.2. The molecule has 0 saturated carbocycles. The summed E-state index contributed by atoms with van der Waals surface area (Å²) in [7, 11) is -2.80. The van der Waals surface area contributed by atoms with Gasteiger partial charge in [-0.15, -0.1) is 0 Å². The van der Waals surface area contributed by atoms with E-state index in [0.29, 0.717) is 5.02 Å². The minimum absolute atomic E-state index is 0.0676. The van der Waals surface area contributed by atoms with E-state index >= 15 is 0 Å². The molecule has 0 heterocycles. The average molecular weight is 307 g/mol. The number of hydrogen-bond acceptors (Lipinski definition) is 3. The first-order valence-corrected chi connectivity index (χ1v) is 7.84. The Morgan fingerprint density at radius 3 is 2.53 bits per heavy atom. The molecule has 0 saturated heterocycles. The van der Waals surface area contributed by atoms with Crippen LogP contribution in [-0.2, 0) is 13.6 Å². The molecule has 1 aromatic carbocycles. The van der Waals surface area contributed by atoms with Crippen molar-refractivity contribution < 1.29 is 18.5 Å². The molecule has 19 heavy (non-hydrogen) atoms. The van der Waals surface area contributed by atoms with Crippen molar-refractivity contribution in [3.05, 3.63) is 34.9 Å². The first-order valence-electron chi connectivity index (χ1n) is 5.97. The van der Waals surface area contributed by atoms with E-state index in [4.69, 9.17) is 16.1 Å². The molecule has 0 aliphatic rings. The molecule has 2 unspecified atom stereocenters. The fourth-order valence-corrected chi connectivity index (χ4v) is 2.57. The van der Waals surface area contributed by atoms with E-state index in [-0.39, 0.29) is 17.9 Å². The molecule has 4 nitrogen and oxygen atoms in total. The zero-order chi connectivity index (χ0) is 14.7. The van der Waals surface area contributed by atoms with Crippen LogP contribution in [0.4, 0.5) is 0 Å². The molecule has 1 aromatic rings. The fraction of sp³-hybridized carbons (Fsp3) is 0.538. The third kappa shape index (κ3) is 4.59. The fourth-order valence-electron chi connectivity index (χ4n) is 1.67. The molecule has 2 atom stereocenters. The van der Waals surface area contributed by atoms with Crippen molar-refractivity contribution in [3.8, 4) is 0 Å². The summed E-state index contributed by atoms with van der Waals surface area (Å²) in [5, 5.41) is 0.682. The van der Waals surface area contributed by atoms with Gasteiger partial charge in [-0.3, -0.25) is 9.05 Å². The maximum atomic E-state index is 11.3. The predicted octanol–water partition coefficient (Wildman–Crippen LogP) is 4.23. The highest BCUT2D eigenvalue weighted by molar-refractivity contribution is 7.47. The van der Waals surface area contributed by atoms with Crippen molar-refractivity contribution in [1.82, 2.24) is 0 Å². The van der Waals surface area contributed by atoms with Gasteiger partial charge >= 0.3 is 7.82 Å². The monoisotopic (exact) mass is 306 g/mol. The Bertz CT molecular complexity index is 475. The van der Waals surface area contributed by atoms with Crippen LogP contribution in [0.5, 0.6) is 0 Å². The summed E-state index contributed by atoms with van der Waals surface area (Å²) in [6, 6.07) is 7.57. The summed E-state index contributed by atoms with van der Waals surface area (Å²) in [5.74, 6) is 0.0676. The Hall–Kier alpha value is -0.380. The third-order valence-electron chi connectivity index (χ3n) is 3.37. The van der Waals surface area contributed by atoms with E-state index in [1.54, 1.807) is 0 Å². The van der Waals surface area contributed by atoms with Crippen molar-refractivity contribution in [1.29, 1.82) is 0 Å². The lowest BCUT2D eigenvalue weighted by atomic mass is 9.77. The van der Waals surface area contributed by atoms with Crippen molar-refractivity contribution in [3.63, 3.8) is 0 Å². The van der Waals surface area contributed by atoms with Crippen LogP contribution in [0.25, 0.3) is 0 Å². The maximum absolute atomic E-state index is 11.3. The van der Waals surface area contributed by atoms with Crippen LogP contribution < -0.4 is 0 Å². The zero-order valence-electron chi connectivity index (χ0n) is 11.6. The molecule has 0 aromatic heterocycles. The first-order chi connectivity index (χ1) is 8.69. The van der Waals surface area contributed by atoms with Gasteiger partial charge in [0.25, 0.3) is 0 Å². The van der Waals surface area contributed by atoms with Gasteiger partial charge in [0.1, 0.15) is 0 Å². The van der Waals surface area contributed by atoms with Gasteiger partial charge < -0.3 is 4.89 Å². The van der Waals surface area contributed by atoms with E-state index in [9.17, 15) is 9.46 Å². The lowest BCUT2D eigenvalue weighted by Crippen LogP contribution is -2.26. The van der Waals surface area contributed by atoms with Gasteiger partial charge in [-0.2, -0.15) is 0 Å². The Morgan fingerprint density at radius 2 is 2.00 bits per heavy atom. The van der Waals surface area contributed by atoms with Crippen LogP contribution >= 0.6 is 19.4 Å². The Kier molecular flexibility index (Phi) is 5.60. The summed E-state index contributed by atoms with van der Waals surface area (Å²) < 4.78 is 20.7. The quantitative estimate of drug-likeness (QED) is 0.799. The van der Waals surface area contributed by atoms with Gasteiger partial charge in [-0.05, 0) is 23.0 Å². The minimum atomic E-state index is -3.95. The second-order valence-corrected chi connectivity index (χ2v) is 7.12. The second-order valence-electron chi connectivity index (χ2n) is 5.16. The average Bonchev–Trinajstić information content (AvgIpc) is 2.36. The molecule has 6 heteroatoms. The summed E-state index contributed by atoms with van der Waals surface area (Å²) in [6.45, 7) is 6.02. The molecule has 0 aliphatic heterocycles. The van der Waals surface area contributed by atoms with Gasteiger partial charge in [-0.25, -0.2) is 4.57 Å². The van der Waals surface area contributed by atoms with Gasteiger partial charge in [0, 0.05) is 12.1 Å². The van der Waals surface area contributed by atoms with Crippen LogP contribution in [0.2, 0.25) is 5.02 Å². The SMILES string of the molecule is COP(=O)(O)OCC(C)(C)C(C)c1ccccc1Cl. The normalized spacial score (nSPS) is 16.9. The summed E-state index contributed by atoms with van der Waals surface area (Å²) >= 11 is 6.17. The van der Waals surface area contributed by atoms with Gasteiger partial charge in [0.05, 0.1) is 6.61 Å². The molecule has 108 valence electrons. The molecule has 0 aliphatic carbocycles. The Balaban J connectivity index is 2.83. The van der Waals surface area contributed by atoms with Gasteiger partial charge in [0.2, 0.25) is 0 Å². The molecule has 0 radical (unpaired) electrons. The number of rotatable bonds is 6. The highest BCUT2D eigenvalue weighted by Crippen LogP contribution is 2.46. The molecular weight excluding hydrogens is 287 g/mol. The summed E-state index contributed by atoms with van der Waals surface area (Å²) in [6.07, 6.45) is 0. The molecule has 1 rings (SSSR count). The number of phosphoric acid groups is 1. The molecule has 0 spiro atoms. The summed E-state index contributed by atoms with van der Waals surface area (Å²) in [5.41, 5.74) is 0.630. The van der Waals surface area contributed by atoms with Crippen molar-refractivity contribution >= 4 is 19.4 Å². The third-order valence-corrected chi connectivity index (χ3v) is 4.64. The van der Waals surface area contributed by atoms with Crippen molar-refractivity contribution in [2.24, 2.45) is 5.41 Å². The number of hydrogen-bond donors (Lipinski definition) is 1. The molecule has 0 fully saturated rings. The van der Waals surface area contributed by atoms with E-state index in [1.165, 1.54) is 0 Å².